The molecule has 1 unspecified atom stereocenters. The van der Waals surface area contributed by atoms with E-state index in [0.717, 1.165) is 25.9 Å². The largest absolute Gasteiger partial charge is 0.497 e. The summed E-state index contributed by atoms with van der Waals surface area (Å²) >= 11 is 0. The number of benzene rings is 1. The van der Waals surface area contributed by atoms with E-state index in [0.29, 0.717) is 23.4 Å². The van der Waals surface area contributed by atoms with Crippen molar-refractivity contribution in [3.8, 4) is 11.8 Å². The smallest absolute Gasteiger partial charge is 0.224 e. The molecule has 0 spiro atoms. The Bertz CT molecular complexity index is 516. The van der Waals surface area contributed by atoms with Crippen molar-refractivity contribution in [2.45, 2.75) is 31.8 Å². The third-order valence-corrected chi connectivity index (χ3v) is 3.34. The molecule has 5 nitrogen and oxygen atoms in total. The molecular formula is C15H18N2O3. The Labute approximate surface area is 118 Å². The number of ether oxygens (including phenoxy) is 2. The molecule has 2 rings (SSSR count). The number of rotatable bonds is 5. The predicted octanol–water partition coefficient (Wildman–Crippen LogP) is 2.46. The van der Waals surface area contributed by atoms with E-state index in [1.54, 1.807) is 25.3 Å². The van der Waals surface area contributed by atoms with Crippen LogP contribution in [0.1, 0.15) is 31.2 Å². The molecule has 1 saturated heterocycles. The topological polar surface area (TPSA) is 71.3 Å². The molecule has 1 aromatic rings. The number of nitriles is 1. The Balaban J connectivity index is 1.94. The van der Waals surface area contributed by atoms with Crippen LogP contribution in [0, 0.1) is 11.3 Å². The van der Waals surface area contributed by atoms with Gasteiger partial charge in [-0.25, -0.2) is 0 Å². The highest BCUT2D eigenvalue weighted by atomic mass is 16.5. The van der Waals surface area contributed by atoms with Crippen molar-refractivity contribution in [2.24, 2.45) is 0 Å². The summed E-state index contributed by atoms with van der Waals surface area (Å²) in [6.07, 6.45) is 3.41. The van der Waals surface area contributed by atoms with Crippen LogP contribution in [0.4, 0.5) is 5.69 Å². The molecular weight excluding hydrogens is 256 g/mol. The summed E-state index contributed by atoms with van der Waals surface area (Å²) in [4.78, 5) is 11.9. The number of hydrogen-bond acceptors (Lipinski definition) is 4. The van der Waals surface area contributed by atoms with Crippen LogP contribution >= 0.6 is 0 Å². The molecule has 0 bridgehead atoms. The lowest BCUT2D eigenvalue weighted by Gasteiger charge is -2.11. The van der Waals surface area contributed by atoms with E-state index in [1.165, 1.54) is 0 Å². The minimum Gasteiger partial charge on any atom is -0.497 e. The van der Waals surface area contributed by atoms with Gasteiger partial charge in [0.1, 0.15) is 11.8 Å². The molecule has 1 amide bonds. The number of carbonyl (C=O) groups excluding carboxylic acids is 1. The van der Waals surface area contributed by atoms with Crippen LogP contribution in [0.2, 0.25) is 0 Å². The van der Waals surface area contributed by atoms with Crippen LogP contribution in [-0.2, 0) is 9.53 Å². The van der Waals surface area contributed by atoms with Crippen LogP contribution in [-0.4, -0.2) is 25.7 Å². The van der Waals surface area contributed by atoms with E-state index in [4.69, 9.17) is 14.7 Å². The number of anilines is 1. The average molecular weight is 274 g/mol. The summed E-state index contributed by atoms with van der Waals surface area (Å²) in [5.41, 5.74) is 0.917. The third-order valence-electron chi connectivity index (χ3n) is 3.34. The first-order valence-electron chi connectivity index (χ1n) is 6.72. The molecule has 0 aliphatic carbocycles. The van der Waals surface area contributed by atoms with Gasteiger partial charge in [0, 0.05) is 19.1 Å². The minimum absolute atomic E-state index is 0.106. The number of nitrogens with zero attached hydrogens (tertiary/aromatic N) is 1. The van der Waals surface area contributed by atoms with Crippen molar-refractivity contribution >= 4 is 11.6 Å². The second-order valence-corrected chi connectivity index (χ2v) is 4.75. The number of carbonyl (C=O) groups is 1. The molecule has 0 aromatic heterocycles. The second-order valence-electron chi connectivity index (χ2n) is 4.75. The van der Waals surface area contributed by atoms with E-state index >= 15 is 0 Å². The first-order valence-corrected chi connectivity index (χ1v) is 6.72. The fourth-order valence-electron chi connectivity index (χ4n) is 2.23. The molecule has 1 fully saturated rings. The molecule has 1 atom stereocenters. The number of hydrogen-bond donors (Lipinski definition) is 1. The van der Waals surface area contributed by atoms with Crippen LogP contribution < -0.4 is 10.1 Å². The van der Waals surface area contributed by atoms with E-state index in [1.807, 2.05) is 0 Å². The van der Waals surface area contributed by atoms with Gasteiger partial charge < -0.3 is 14.8 Å². The summed E-state index contributed by atoms with van der Waals surface area (Å²) < 4.78 is 10.6. The van der Waals surface area contributed by atoms with Gasteiger partial charge in [-0.15, -0.1) is 0 Å². The molecule has 0 saturated carbocycles. The van der Waals surface area contributed by atoms with Crippen LogP contribution in [0.15, 0.2) is 18.2 Å². The molecule has 1 aliphatic rings. The van der Waals surface area contributed by atoms with Crippen molar-refractivity contribution in [1.29, 1.82) is 5.26 Å². The fraction of sp³-hybridized carbons (Fsp3) is 0.467. The molecule has 1 N–H and O–H groups in total. The van der Waals surface area contributed by atoms with Crippen molar-refractivity contribution < 1.29 is 14.3 Å². The lowest BCUT2D eigenvalue weighted by atomic mass is 10.1. The van der Waals surface area contributed by atoms with Crippen molar-refractivity contribution in [3.05, 3.63) is 23.8 Å². The van der Waals surface area contributed by atoms with Gasteiger partial charge in [0.05, 0.1) is 24.5 Å². The van der Waals surface area contributed by atoms with Crippen LogP contribution in [0.25, 0.3) is 0 Å². The van der Waals surface area contributed by atoms with Gasteiger partial charge in [-0.3, -0.25) is 4.79 Å². The molecule has 106 valence electrons. The van der Waals surface area contributed by atoms with Crippen molar-refractivity contribution in [2.75, 3.05) is 19.0 Å². The van der Waals surface area contributed by atoms with Gasteiger partial charge in [0.15, 0.2) is 0 Å². The Morgan fingerprint density at radius 2 is 2.45 bits per heavy atom. The van der Waals surface area contributed by atoms with E-state index < -0.39 is 0 Å². The summed E-state index contributed by atoms with van der Waals surface area (Å²) in [5, 5.41) is 11.8. The molecule has 1 aromatic carbocycles. The molecule has 1 heterocycles. The molecule has 20 heavy (non-hydrogen) atoms. The van der Waals surface area contributed by atoms with Gasteiger partial charge in [-0.05, 0) is 31.4 Å². The Morgan fingerprint density at radius 1 is 1.60 bits per heavy atom. The Hall–Kier alpha value is -2.06. The zero-order chi connectivity index (χ0) is 14.4. The fourth-order valence-corrected chi connectivity index (χ4v) is 2.23. The SMILES string of the molecule is COc1ccc(C#N)c(NC(=O)CCC2CCCO2)c1. The quantitative estimate of drug-likeness (QED) is 0.895. The molecule has 0 radical (unpaired) electrons. The molecule has 5 heteroatoms. The molecule has 1 aliphatic heterocycles. The highest BCUT2D eigenvalue weighted by molar-refractivity contribution is 5.92. The zero-order valence-electron chi connectivity index (χ0n) is 11.5. The lowest BCUT2D eigenvalue weighted by Crippen LogP contribution is -2.16. The monoisotopic (exact) mass is 274 g/mol. The van der Waals surface area contributed by atoms with Gasteiger partial charge >= 0.3 is 0 Å². The van der Waals surface area contributed by atoms with Crippen molar-refractivity contribution in [1.82, 2.24) is 0 Å². The lowest BCUT2D eigenvalue weighted by molar-refractivity contribution is -0.116. The maximum atomic E-state index is 11.9. The van der Waals surface area contributed by atoms with E-state index in [-0.39, 0.29) is 12.0 Å². The Morgan fingerprint density at radius 3 is 3.10 bits per heavy atom. The highest BCUT2D eigenvalue weighted by Gasteiger charge is 2.17. The maximum absolute atomic E-state index is 11.9. The van der Waals surface area contributed by atoms with E-state index in [9.17, 15) is 4.79 Å². The predicted molar refractivity (Wildman–Crippen MR) is 74.5 cm³/mol. The van der Waals surface area contributed by atoms with Crippen LogP contribution in [0.3, 0.4) is 0 Å². The Kier molecular flexibility index (Phi) is 4.97. The van der Waals surface area contributed by atoms with Gasteiger partial charge in [-0.1, -0.05) is 0 Å². The normalized spacial score (nSPS) is 17.5. The maximum Gasteiger partial charge on any atom is 0.224 e. The zero-order valence-corrected chi connectivity index (χ0v) is 11.5. The summed E-state index contributed by atoms with van der Waals surface area (Å²) in [6, 6.07) is 7.04. The van der Waals surface area contributed by atoms with Gasteiger partial charge in [0.2, 0.25) is 5.91 Å². The summed E-state index contributed by atoms with van der Waals surface area (Å²) in [7, 11) is 1.55. The number of methoxy groups -OCH3 is 1. The highest BCUT2D eigenvalue weighted by Crippen LogP contribution is 2.23. The first kappa shape index (κ1) is 14.4. The summed E-state index contributed by atoms with van der Waals surface area (Å²) in [5.74, 6) is 0.503. The van der Waals surface area contributed by atoms with E-state index in [2.05, 4.69) is 11.4 Å². The second kappa shape index (κ2) is 6.92. The first-order chi connectivity index (χ1) is 9.72. The van der Waals surface area contributed by atoms with Gasteiger partial charge in [0.25, 0.3) is 0 Å². The third kappa shape index (κ3) is 3.72. The van der Waals surface area contributed by atoms with Crippen LogP contribution in [0.5, 0.6) is 5.75 Å². The number of nitrogens with one attached hydrogen (secondary N) is 1. The van der Waals surface area contributed by atoms with Gasteiger partial charge in [-0.2, -0.15) is 5.26 Å². The number of amides is 1. The standard InChI is InChI=1S/C15H18N2O3/c1-19-13-5-4-11(10-16)14(9-13)17-15(18)7-6-12-3-2-8-20-12/h4-5,9,12H,2-3,6-8H2,1H3,(H,17,18). The minimum atomic E-state index is -0.106. The average Bonchev–Trinajstić information content (AvgIpc) is 2.98. The van der Waals surface area contributed by atoms with Crippen molar-refractivity contribution in [3.63, 3.8) is 0 Å². The summed E-state index contributed by atoms with van der Waals surface area (Å²) in [6.45, 7) is 0.792.